The summed E-state index contributed by atoms with van der Waals surface area (Å²) < 4.78 is 6.83. The molecule has 3 heteroatoms. The summed E-state index contributed by atoms with van der Waals surface area (Å²) in [7, 11) is 0. The van der Waals surface area contributed by atoms with E-state index < -0.39 is 0 Å². The Bertz CT molecular complexity index is 1820. The molecule has 5 aromatic carbocycles. The van der Waals surface area contributed by atoms with Gasteiger partial charge in [0.2, 0.25) is 0 Å². The van der Waals surface area contributed by atoms with Crippen LogP contribution in [0.1, 0.15) is 74.6 Å². The highest BCUT2D eigenvalue weighted by molar-refractivity contribution is 5.81. The van der Waals surface area contributed by atoms with Gasteiger partial charge in [0, 0.05) is 23.4 Å². The lowest BCUT2D eigenvalue weighted by Crippen LogP contribution is -2.40. The zero-order valence-corrected chi connectivity index (χ0v) is 26.6. The molecule has 0 aromatic heterocycles. The fourth-order valence-electron chi connectivity index (χ4n) is 7.99. The van der Waals surface area contributed by atoms with Crippen molar-refractivity contribution >= 4 is 11.4 Å². The highest BCUT2D eigenvalue weighted by atomic mass is 16.5. The summed E-state index contributed by atoms with van der Waals surface area (Å²) in [6, 6.07) is 45.4. The van der Waals surface area contributed by atoms with Gasteiger partial charge in [-0.3, -0.25) is 0 Å². The highest BCUT2D eigenvalue weighted by Gasteiger charge is 2.42. The minimum absolute atomic E-state index is 0.00306. The zero-order valence-electron chi connectivity index (χ0n) is 26.6. The summed E-state index contributed by atoms with van der Waals surface area (Å²) in [6.07, 6.45) is 5.08. The Kier molecular flexibility index (Phi) is 6.93. The summed E-state index contributed by atoms with van der Waals surface area (Å²) in [4.78, 5) is 5.29. The maximum Gasteiger partial charge on any atom is 0.129 e. The normalized spacial score (nSPS) is 20.5. The third-order valence-electron chi connectivity index (χ3n) is 10.2. The van der Waals surface area contributed by atoms with Gasteiger partial charge in [0.25, 0.3) is 0 Å². The average molecular weight is 591 g/mol. The first-order valence-corrected chi connectivity index (χ1v) is 16.6. The molecule has 5 aromatic rings. The summed E-state index contributed by atoms with van der Waals surface area (Å²) in [5.74, 6) is 2.01. The van der Waals surface area contributed by atoms with Crippen LogP contribution in [-0.4, -0.2) is 18.8 Å². The zero-order chi connectivity index (χ0) is 30.5. The fraction of sp³-hybridized carbons (Fsp3) is 0.286. The van der Waals surface area contributed by atoms with Gasteiger partial charge < -0.3 is 14.5 Å². The smallest absolute Gasteiger partial charge is 0.129 e. The van der Waals surface area contributed by atoms with Crippen molar-refractivity contribution in [3.05, 3.63) is 144 Å². The van der Waals surface area contributed by atoms with Gasteiger partial charge in [-0.1, -0.05) is 112 Å². The summed E-state index contributed by atoms with van der Waals surface area (Å²) >= 11 is 0. The van der Waals surface area contributed by atoms with Crippen molar-refractivity contribution in [2.24, 2.45) is 0 Å². The molecule has 0 radical (unpaired) electrons. The number of anilines is 2. The lowest BCUT2D eigenvalue weighted by Gasteiger charge is -2.34. The lowest BCUT2D eigenvalue weighted by molar-refractivity contribution is 0.409. The van der Waals surface area contributed by atoms with Crippen LogP contribution in [0.3, 0.4) is 0 Å². The Labute approximate surface area is 268 Å². The van der Waals surface area contributed by atoms with E-state index in [1.54, 1.807) is 0 Å². The quantitative estimate of drug-likeness (QED) is 0.199. The first-order chi connectivity index (χ1) is 21.9. The molecule has 0 spiro atoms. The van der Waals surface area contributed by atoms with Crippen molar-refractivity contribution in [1.82, 2.24) is 0 Å². The molecule has 2 fully saturated rings. The number of para-hydroxylation sites is 1. The number of benzene rings is 5. The number of rotatable bonds is 5. The number of hydrogen-bond acceptors (Lipinski definition) is 3. The maximum absolute atomic E-state index is 6.83. The van der Waals surface area contributed by atoms with Gasteiger partial charge in [-0.15, -0.1) is 0 Å². The van der Waals surface area contributed by atoms with E-state index in [9.17, 15) is 0 Å². The topological polar surface area (TPSA) is 15.7 Å². The van der Waals surface area contributed by atoms with E-state index in [1.165, 1.54) is 70.4 Å². The van der Waals surface area contributed by atoms with Gasteiger partial charge in [-0.25, -0.2) is 0 Å². The molecule has 3 atom stereocenters. The Hall–Kier alpha value is -4.50. The first kappa shape index (κ1) is 28.0. The van der Waals surface area contributed by atoms with Gasteiger partial charge in [0.05, 0.1) is 18.8 Å². The molecule has 1 heterocycles. The van der Waals surface area contributed by atoms with Gasteiger partial charge in [0.15, 0.2) is 0 Å². The van der Waals surface area contributed by atoms with Crippen LogP contribution in [0.25, 0.3) is 11.1 Å². The monoisotopic (exact) mass is 590 g/mol. The van der Waals surface area contributed by atoms with Crippen LogP contribution in [0.5, 0.6) is 11.5 Å². The van der Waals surface area contributed by atoms with Crippen molar-refractivity contribution in [3.63, 3.8) is 0 Å². The van der Waals surface area contributed by atoms with Gasteiger partial charge in [0.1, 0.15) is 11.5 Å². The minimum Gasteiger partial charge on any atom is -0.457 e. The Morgan fingerprint density at radius 3 is 1.96 bits per heavy atom. The molecule has 45 heavy (non-hydrogen) atoms. The van der Waals surface area contributed by atoms with E-state index in [-0.39, 0.29) is 11.3 Å². The molecule has 2 aliphatic carbocycles. The average Bonchev–Trinajstić information content (AvgIpc) is 3.61. The predicted octanol–water partition coefficient (Wildman–Crippen LogP) is 10.5. The summed E-state index contributed by atoms with van der Waals surface area (Å²) in [5, 5.41) is 0. The molecule has 3 nitrogen and oxygen atoms in total. The van der Waals surface area contributed by atoms with Crippen LogP contribution < -0.4 is 14.5 Å². The summed E-state index contributed by atoms with van der Waals surface area (Å²) in [6.45, 7) is 7.81. The van der Waals surface area contributed by atoms with Crippen molar-refractivity contribution < 1.29 is 4.74 Å². The third-order valence-corrected chi connectivity index (χ3v) is 10.2. The lowest BCUT2D eigenvalue weighted by atomic mass is 9.86. The molecule has 1 saturated heterocycles. The SMILES string of the molecule is CC(C)(C)c1cc(Oc2ccc3c(c2)C(c2ccccc2)c2ccccc2-3)cc(N2CN(c3ccccc3)C3CCCCC32)c1. The molecular weight excluding hydrogens is 548 g/mol. The van der Waals surface area contributed by atoms with Crippen molar-refractivity contribution in [1.29, 1.82) is 0 Å². The predicted molar refractivity (Wildman–Crippen MR) is 187 cm³/mol. The Morgan fingerprint density at radius 2 is 1.22 bits per heavy atom. The number of nitrogens with zero attached hydrogens (tertiary/aromatic N) is 2. The van der Waals surface area contributed by atoms with E-state index >= 15 is 0 Å². The Balaban J connectivity index is 1.17. The molecule has 0 bridgehead atoms. The molecular formula is C42H42N2O. The second-order valence-electron chi connectivity index (χ2n) is 14.1. The molecule has 3 unspecified atom stereocenters. The molecule has 0 amide bonds. The molecule has 1 aliphatic heterocycles. The minimum atomic E-state index is -0.00306. The van der Waals surface area contributed by atoms with E-state index in [4.69, 9.17) is 4.74 Å². The van der Waals surface area contributed by atoms with Crippen molar-refractivity contribution in [3.8, 4) is 22.6 Å². The maximum atomic E-state index is 6.83. The van der Waals surface area contributed by atoms with Gasteiger partial charge >= 0.3 is 0 Å². The third kappa shape index (κ3) is 5.09. The van der Waals surface area contributed by atoms with E-state index in [0.29, 0.717) is 12.1 Å². The van der Waals surface area contributed by atoms with Gasteiger partial charge in [-0.05, 0) is 88.0 Å². The largest absolute Gasteiger partial charge is 0.457 e. The number of fused-ring (bicyclic) bond motifs is 4. The molecule has 8 rings (SSSR count). The number of hydrogen-bond donors (Lipinski definition) is 0. The van der Waals surface area contributed by atoms with Gasteiger partial charge in [-0.2, -0.15) is 0 Å². The van der Waals surface area contributed by atoms with Crippen LogP contribution in [0.2, 0.25) is 0 Å². The van der Waals surface area contributed by atoms with Crippen molar-refractivity contribution in [2.45, 2.75) is 69.9 Å². The molecule has 1 saturated carbocycles. The Morgan fingerprint density at radius 1 is 0.578 bits per heavy atom. The molecule has 3 aliphatic rings. The molecule has 0 N–H and O–H groups in total. The van der Waals surface area contributed by atoms with Crippen LogP contribution in [0, 0.1) is 0 Å². The van der Waals surface area contributed by atoms with E-state index in [0.717, 1.165) is 18.2 Å². The second-order valence-corrected chi connectivity index (χ2v) is 14.1. The first-order valence-electron chi connectivity index (χ1n) is 16.6. The standard InChI is InChI=1S/C42H42N2O/c1-42(2,3)30-24-32(44-28-43(31-16-8-5-9-17-31)39-20-12-13-21-40(39)44)26-34(25-30)45-33-22-23-36-35-18-10-11-19-37(35)41(38(36)27-33)29-14-6-4-7-15-29/h4-11,14-19,22-27,39-41H,12-13,20-21,28H2,1-3H3. The molecule has 226 valence electrons. The van der Waals surface area contributed by atoms with E-state index in [1.807, 2.05) is 0 Å². The highest BCUT2D eigenvalue weighted by Crippen LogP contribution is 2.49. The second kappa shape index (κ2) is 11.1. The van der Waals surface area contributed by atoms with E-state index in [2.05, 4.69) is 152 Å². The number of ether oxygens (including phenoxy) is 1. The van der Waals surface area contributed by atoms with Crippen LogP contribution in [0.15, 0.2) is 121 Å². The van der Waals surface area contributed by atoms with Crippen LogP contribution in [-0.2, 0) is 5.41 Å². The fourth-order valence-corrected chi connectivity index (χ4v) is 7.99. The van der Waals surface area contributed by atoms with Crippen molar-refractivity contribution in [2.75, 3.05) is 16.5 Å². The summed E-state index contributed by atoms with van der Waals surface area (Å²) in [5.41, 5.74) is 10.5. The van der Waals surface area contributed by atoms with Crippen LogP contribution in [0.4, 0.5) is 11.4 Å². The van der Waals surface area contributed by atoms with Crippen LogP contribution >= 0.6 is 0 Å².